The van der Waals surface area contributed by atoms with Gasteiger partial charge in [-0.1, -0.05) is 13.0 Å². The Morgan fingerprint density at radius 2 is 1.71 bits per heavy atom. The van der Waals surface area contributed by atoms with E-state index in [4.69, 9.17) is 0 Å². The van der Waals surface area contributed by atoms with Crippen LogP contribution in [0.2, 0.25) is 0 Å². The summed E-state index contributed by atoms with van der Waals surface area (Å²) in [4.78, 5) is 0. The zero-order chi connectivity index (χ0) is 16.7. The van der Waals surface area contributed by atoms with E-state index in [9.17, 15) is 0 Å². The van der Waals surface area contributed by atoms with Gasteiger partial charge < -0.3 is 4.57 Å². The number of benzene rings is 1. The molecule has 4 rings (SSSR count). The summed E-state index contributed by atoms with van der Waals surface area (Å²) < 4.78 is 2.12. The Balaban J connectivity index is 0.000000247. The molecule has 0 radical (unpaired) electrons. The Kier molecular flexibility index (Phi) is 9.18. The van der Waals surface area contributed by atoms with Crippen LogP contribution in [0.1, 0.15) is 20.3 Å². The summed E-state index contributed by atoms with van der Waals surface area (Å²) in [7, 11) is 0. The Labute approximate surface area is 169 Å². The molecule has 0 unspecified atom stereocenters. The predicted molar refractivity (Wildman–Crippen MR) is 101 cm³/mol. The smallest absolute Gasteiger partial charge is 0.342 e. The minimum Gasteiger partial charge on any atom is -0.342 e. The summed E-state index contributed by atoms with van der Waals surface area (Å²) in [5, 5.41) is 2.60. The largest absolute Gasteiger partial charge is 2.00 e. The molecule has 0 bridgehead atoms. The van der Waals surface area contributed by atoms with Crippen LogP contribution in [0.4, 0.5) is 0 Å². The Bertz CT molecular complexity index is 745. The number of allylic oxidation sites excluding steroid dienone is 4. The van der Waals surface area contributed by atoms with E-state index in [1.165, 1.54) is 34.0 Å². The zero-order valence-electron chi connectivity index (χ0n) is 14.4. The molecule has 0 aliphatic heterocycles. The molecule has 1 aliphatic rings. The third-order valence-corrected chi connectivity index (χ3v) is 3.87. The molecule has 0 saturated carbocycles. The molecular weight excluding hydrogens is 393 g/mol. The number of rotatable bonds is 1. The summed E-state index contributed by atoms with van der Waals surface area (Å²) in [5.41, 5.74) is 3.94. The molecule has 0 atom stereocenters. The molecule has 1 nitrogen and oxygen atoms in total. The second-order valence-corrected chi connectivity index (χ2v) is 5.33. The van der Waals surface area contributed by atoms with E-state index in [0.717, 1.165) is 6.42 Å². The van der Waals surface area contributed by atoms with Gasteiger partial charge in [-0.25, -0.2) is 11.1 Å². The average molecular weight is 415 g/mol. The third-order valence-electron chi connectivity index (χ3n) is 3.87. The molecule has 1 aliphatic carbocycles. The van der Waals surface area contributed by atoms with Gasteiger partial charge in [0.1, 0.15) is 0 Å². The van der Waals surface area contributed by atoms with Crippen molar-refractivity contribution in [3.63, 3.8) is 0 Å². The Morgan fingerprint density at radius 1 is 1.04 bits per heavy atom. The molecule has 122 valence electrons. The van der Waals surface area contributed by atoms with Gasteiger partial charge in [-0.3, -0.25) is 6.08 Å². The number of hydrogen-bond acceptors (Lipinski definition) is 0. The van der Waals surface area contributed by atoms with Gasteiger partial charge in [-0.15, -0.1) is 66.0 Å². The first-order valence-electron chi connectivity index (χ1n) is 7.65. The predicted octanol–water partition coefficient (Wildman–Crippen LogP) is 6.29. The number of aromatic nitrogens is 1. The van der Waals surface area contributed by atoms with Crippen molar-refractivity contribution in [2.45, 2.75) is 20.3 Å². The van der Waals surface area contributed by atoms with Gasteiger partial charge in [-0.2, -0.15) is 6.08 Å². The Morgan fingerprint density at radius 3 is 2.21 bits per heavy atom. The average Bonchev–Trinajstić information content (AvgIpc) is 3.31. The van der Waals surface area contributed by atoms with Crippen LogP contribution >= 0.6 is 11.6 Å². The molecule has 24 heavy (non-hydrogen) atoms. The van der Waals surface area contributed by atoms with Crippen molar-refractivity contribution in [2.75, 3.05) is 6.38 Å². The summed E-state index contributed by atoms with van der Waals surface area (Å²) in [6.07, 6.45) is 12.0. The van der Waals surface area contributed by atoms with E-state index < -0.39 is 0 Å². The second-order valence-electron chi connectivity index (χ2n) is 5.33. The van der Waals surface area contributed by atoms with Crippen LogP contribution in [0.15, 0.2) is 78.1 Å². The van der Waals surface area contributed by atoms with E-state index in [2.05, 4.69) is 91.0 Å². The topological polar surface area (TPSA) is 4.93 Å². The fourth-order valence-electron chi connectivity index (χ4n) is 2.44. The van der Waals surface area contributed by atoms with Crippen LogP contribution in [-0.4, -0.2) is 11.0 Å². The number of alkyl halides is 1. The van der Waals surface area contributed by atoms with Gasteiger partial charge in [0.25, 0.3) is 0 Å². The van der Waals surface area contributed by atoms with E-state index in [0.29, 0.717) is 0 Å². The van der Waals surface area contributed by atoms with E-state index >= 15 is 0 Å². The van der Waals surface area contributed by atoms with Crippen molar-refractivity contribution < 1.29 is 26.2 Å². The summed E-state index contributed by atoms with van der Waals surface area (Å²) in [6.45, 7) is 4.22. The summed E-state index contributed by atoms with van der Waals surface area (Å²) in [6, 6.07) is 16.9. The number of fused-ring (bicyclic) bond motifs is 1. The van der Waals surface area contributed by atoms with Gasteiger partial charge in [-0.05, 0) is 17.8 Å². The van der Waals surface area contributed by atoms with Crippen LogP contribution in [0.25, 0.3) is 16.5 Å². The maximum atomic E-state index is 4.64. The minimum atomic E-state index is 0. The van der Waals surface area contributed by atoms with Gasteiger partial charge >= 0.3 is 26.2 Å². The first-order chi connectivity index (χ1) is 11.2. The van der Waals surface area contributed by atoms with Crippen molar-refractivity contribution in [2.24, 2.45) is 0 Å². The van der Waals surface area contributed by atoms with E-state index in [1.807, 2.05) is 12.1 Å². The van der Waals surface area contributed by atoms with Crippen LogP contribution in [-0.2, 0) is 26.2 Å². The molecule has 1 heterocycles. The first kappa shape index (κ1) is 20.8. The normalized spacial score (nSPS) is 12.2. The monoisotopic (exact) mass is 413 g/mol. The van der Waals surface area contributed by atoms with Gasteiger partial charge in [0.15, 0.2) is 0 Å². The molecule has 3 aromatic rings. The van der Waals surface area contributed by atoms with Crippen LogP contribution in [0, 0.1) is 6.08 Å². The summed E-state index contributed by atoms with van der Waals surface area (Å²) >= 11 is 4.64. The van der Waals surface area contributed by atoms with E-state index in [-0.39, 0.29) is 26.2 Å². The molecule has 0 fully saturated rings. The van der Waals surface area contributed by atoms with E-state index in [1.54, 1.807) is 0 Å². The fourth-order valence-corrected chi connectivity index (χ4v) is 2.44. The number of halogens is 1. The van der Waals surface area contributed by atoms with Gasteiger partial charge in [0.05, 0.1) is 0 Å². The van der Waals surface area contributed by atoms with Gasteiger partial charge in [0, 0.05) is 18.8 Å². The van der Waals surface area contributed by atoms with Gasteiger partial charge in [0.2, 0.25) is 0 Å². The maximum Gasteiger partial charge on any atom is 2.00 e. The molecule has 3 heteroatoms. The van der Waals surface area contributed by atoms with Crippen LogP contribution in [0.3, 0.4) is 0 Å². The van der Waals surface area contributed by atoms with Crippen molar-refractivity contribution in [3.8, 4) is 5.69 Å². The molecule has 2 aromatic carbocycles. The fraction of sp³-hybridized carbons (Fsp3) is 0.190. The van der Waals surface area contributed by atoms with Crippen molar-refractivity contribution in [3.05, 3.63) is 84.2 Å². The Hall–Kier alpha value is -1.24. The van der Waals surface area contributed by atoms with Crippen molar-refractivity contribution >= 4 is 22.4 Å². The molecule has 1 aromatic heterocycles. The quantitative estimate of drug-likeness (QED) is 0.325. The molecule has 0 N–H and O–H groups in total. The zero-order valence-corrected chi connectivity index (χ0v) is 17.6. The first-order valence-corrected chi connectivity index (χ1v) is 8.41. The standard InChI is InChI=1S/C13H10N.C7H9.CH3Cl.Zr/c1-2-6-12-10-13(9-11(12)5-1)14-7-3-4-8-14;1-6-4-3-5-7(6)2;1-2;/h1-10H;4H,3H2,1-2H3;1H3;/q2*-1;;+2. The number of hydrogen-bond donors (Lipinski definition) is 0. The SMILES string of the molecule is CC1=[C-]CC=C1C.CCl.[Zr+2].c1ccc2[cH-]c(-n3cccc3)cc2c1. The molecule has 0 amide bonds. The van der Waals surface area contributed by atoms with Crippen molar-refractivity contribution in [1.82, 2.24) is 4.57 Å². The van der Waals surface area contributed by atoms with Crippen LogP contribution in [0.5, 0.6) is 0 Å². The summed E-state index contributed by atoms with van der Waals surface area (Å²) in [5.74, 6) is 0. The molecule has 0 spiro atoms. The van der Waals surface area contributed by atoms with Crippen LogP contribution < -0.4 is 0 Å². The minimum absolute atomic E-state index is 0. The third kappa shape index (κ3) is 5.40. The molecule has 0 saturated heterocycles. The maximum absolute atomic E-state index is 4.64. The number of nitrogens with zero attached hydrogens (tertiary/aromatic N) is 1. The van der Waals surface area contributed by atoms with Crippen molar-refractivity contribution in [1.29, 1.82) is 0 Å². The second kappa shape index (κ2) is 10.6. The molecular formula is C21H22ClNZr.